The molecule has 0 saturated heterocycles. The first-order valence-corrected chi connectivity index (χ1v) is 6.38. The molecule has 2 aromatic carbocycles. The van der Waals surface area contributed by atoms with Crippen LogP contribution in [0.3, 0.4) is 0 Å². The zero-order valence-electron chi connectivity index (χ0n) is 11.5. The van der Waals surface area contributed by atoms with Crippen molar-refractivity contribution in [3.05, 3.63) is 54.1 Å². The molecule has 2 N–H and O–H groups in total. The lowest BCUT2D eigenvalue weighted by molar-refractivity contribution is -0.122. The molecule has 4 nitrogen and oxygen atoms in total. The fraction of sp³-hybridized carbons (Fsp3) is 0.188. The number of carbonyl (C=O) groups excluding carboxylic acids is 1. The van der Waals surface area contributed by atoms with E-state index in [2.05, 4.69) is 5.32 Å². The monoisotopic (exact) mass is 271 g/mol. The Bertz CT molecular complexity index is 596. The second-order valence-electron chi connectivity index (χ2n) is 4.58. The van der Waals surface area contributed by atoms with Crippen LogP contribution in [0.5, 0.6) is 11.5 Å². The van der Waals surface area contributed by atoms with Crippen molar-refractivity contribution in [3.8, 4) is 11.5 Å². The van der Waals surface area contributed by atoms with E-state index in [1.165, 1.54) is 0 Å². The summed E-state index contributed by atoms with van der Waals surface area (Å²) >= 11 is 0. The Morgan fingerprint density at radius 2 is 1.90 bits per heavy atom. The van der Waals surface area contributed by atoms with Gasteiger partial charge in [-0.3, -0.25) is 4.79 Å². The predicted octanol–water partition coefficient (Wildman–Crippen LogP) is 3.11. The molecule has 2 aromatic rings. The molecule has 104 valence electrons. The maximum Gasteiger partial charge on any atom is 0.265 e. The molecule has 0 spiro atoms. The van der Waals surface area contributed by atoms with Crippen molar-refractivity contribution in [2.75, 3.05) is 5.32 Å². The summed E-state index contributed by atoms with van der Waals surface area (Å²) in [7, 11) is 0. The Morgan fingerprint density at radius 3 is 2.60 bits per heavy atom. The Balaban J connectivity index is 2.02. The van der Waals surface area contributed by atoms with Crippen molar-refractivity contribution in [1.82, 2.24) is 0 Å². The van der Waals surface area contributed by atoms with E-state index in [0.29, 0.717) is 11.4 Å². The molecule has 0 aliphatic rings. The van der Waals surface area contributed by atoms with E-state index in [0.717, 1.165) is 5.56 Å². The molecule has 0 radical (unpaired) electrons. The minimum absolute atomic E-state index is 0.0378. The van der Waals surface area contributed by atoms with Gasteiger partial charge in [0.15, 0.2) is 6.10 Å². The minimum Gasteiger partial charge on any atom is -0.506 e. The van der Waals surface area contributed by atoms with Crippen LogP contribution in [-0.2, 0) is 4.79 Å². The molecule has 0 fully saturated rings. The number of phenolic OH excluding ortho intramolecular Hbond substituents is 1. The number of rotatable bonds is 4. The quantitative estimate of drug-likeness (QED) is 0.840. The minimum atomic E-state index is -0.655. The van der Waals surface area contributed by atoms with Crippen molar-refractivity contribution in [2.24, 2.45) is 0 Å². The van der Waals surface area contributed by atoms with Gasteiger partial charge >= 0.3 is 0 Å². The molecule has 2 rings (SSSR count). The Labute approximate surface area is 118 Å². The van der Waals surface area contributed by atoms with Crippen LogP contribution in [0.1, 0.15) is 12.5 Å². The summed E-state index contributed by atoms with van der Waals surface area (Å²) in [6.07, 6.45) is -0.655. The number of para-hydroxylation sites is 1. The second-order valence-corrected chi connectivity index (χ2v) is 4.58. The Kier molecular flexibility index (Phi) is 4.25. The first-order valence-electron chi connectivity index (χ1n) is 6.38. The number of anilines is 1. The SMILES string of the molecule is Cc1ccc(O)c(NC(=O)[C@H](C)Oc2ccccc2)c1. The van der Waals surface area contributed by atoms with Gasteiger partial charge in [0.1, 0.15) is 11.5 Å². The van der Waals surface area contributed by atoms with Crippen LogP contribution < -0.4 is 10.1 Å². The first kappa shape index (κ1) is 13.9. The molecule has 1 atom stereocenters. The van der Waals surface area contributed by atoms with Crippen molar-refractivity contribution in [1.29, 1.82) is 0 Å². The molecule has 0 saturated carbocycles. The molecular formula is C16H17NO3. The Hall–Kier alpha value is -2.49. The van der Waals surface area contributed by atoms with Crippen molar-refractivity contribution in [3.63, 3.8) is 0 Å². The smallest absolute Gasteiger partial charge is 0.265 e. The molecule has 4 heteroatoms. The van der Waals surface area contributed by atoms with Gasteiger partial charge in [0.25, 0.3) is 5.91 Å². The van der Waals surface area contributed by atoms with Gasteiger partial charge in [-0.05, 0) is 43.7 Å². The van der Waals surface area contributed by atoms with Crippen LogP contribution in [0.2, 0.25) is 0 Å². The molecule has 0 heterocycles. The number of phenols is 1. The van der Waals surface area contributed by atoms with E-state index in [9.17, 15) is 9.90 Å². The third kappa shape index (κ3) is 3.51. The lowest BCUT2D eigenvalue weighted by Gasteiger charge is -2.15. The summed E-state index contributed by atoms with van der Waals surface area (Å²) in [5, 5.41) is 12.4. The number of hydrogen-bond acceptors (Lipinski definition) is 3. The summed E-state index contributed by atoms with van der Waals surface area (Å²) < 4.78 is 5.52. The van der Waals surface area contributed by atoms with E-state index in [-0.39, 0.29) is 11.7 Å². The topological polar surface area (TPSA) is 58.6 Å². The van der Waals surface area contributed by atoms with Crippen molar-refractivity contribution in [2.45, 2.75) is 20.0 Å². The highest BCUT2D eigenvalue weighted by Gasteiger charge is 2.16. The lowest BCUT2D eigenvalue weighted by Crippen LogP contribution is -2.30. The van der Waals surface area contributed by atoms with Crippen LogP contribution in [-0.4, -0.2) is 17.1 Å². The molecular weight excluding hydrogens is 254 g/mol. The summed E-state index contributed by atoms with van der Waals surface area (Å²) in [6, 6.07) is 14.2. The predicted molar refractivity (Wildman–Crippen MR) is 78.0 cm³/mol. The number of ether oxygens (including phenoxy) is 1. The normalized spacial score (nSPS) is 11.7. The highest BCUT2D eigenvalue weighted by molar-refractivity contribution is 5.95. The average Bonchev–Trinajstić information content (AvgIpc) is 2.44. The van der Waals surface area contributed by atoms with Crippen LogP contribution in [0.25, 0.3) is 0 Å². The van der Waals surface area contributed by atoms with Crippen LogP contribution in [0.4, 0.5) is 5.69 Å². The van der Waals surface area contributed by atoms with E-state index in [4.69, 9.17) is 4.74 Å². The van der Waals surface area contributed by atoms with Gasteiger partial charge in [0.05, 0.1) is 5.69 Å². The summed E-state index contributed by atoms with van der Waals surface area (Å²) in [6.45, 7) is 3.55. The zero-order chi connectivity index (χ0) is 14.5. The fourth-order valence-corrected chi connectivity index (χ4v) is 1.74. The van der Waals surface area contributed by atoms with Crippen LogP contribution in [0.15, 0.2) is 48.5 Å². The van der Waals surface area contributed by atoms with Gasteiger partial charge in [-0.1, -0.05) is 24.3 Å². The average molecular weight is 271 g/mol. The van der Waals surface area contributed by atoms with Gasteiger partial charge in [-0.15, -0.1) is 0 Å². The standard InChI is InChI=1S/C16H17NO3/c1-11-8-9-15(18)14(10-11)17-16(19)12(2)20-13-6-4-3-5-7-13/h3-10,12,18H,1-2H3,(H,17,19)/t12-/m0/s1. The molecule has 0 aliphatic heterocycles. The number of hydrogen-bond donors (Lipinski definition) is 2. The molecule has 1 amide bonds. The van der Waals surface area contributed by atoms with Gasteiger partial charge in [0.2, 0.25) is 0 Å². The third-order valence-corrected chi connectivity index (χ3v) is 2.84. The molecule has 0 aromatic heterocycles. The third-order valence-electron chi connectivity index (χ3n) is 2.84. The van der Waals surface area contributed by atoms with Crippen LogP contribution in [0, 0.1) is 6.92 Å². The second kappa shape index (κ2) is 6.10. The van der Waals surface area contributed by atoms with Gasteiger partial charge in [-0.2, -0.15) is 0 Å². The molecule has 0 unspecified atom stereocenters. The van der Waals surface area contributed by atoms with Gasteiger partial charge in [0, 0.05) is 0 Å². The van der Waals surface area contributed by atoms with Crippen molar-refractivity contribution >= 4 is 11.6 Å². The molecule has 0 aliphatic carbocycles. The highest BCUT2D eigenvalue weighted by atomic mass is 16.5. The number of carbonyl (C=O) groups is 1. The zero-order valence-corrected chi connectivity index (χ0v) is 11.5. The maximum atomic E-state index is 12.0. The lowest BCUT2D eigenvalue weighted by atomic mass is 10.2. The number of nitrogens with one attached hydrogen (secondary N) is 1. The van der Waals surface area contributed by atoms with Crippen LogP contribution >= 0.6 is 0 Å². The molecule has 0 bridgehead atoms. The fourth-order valence-electron chi connectivity index (χ4n) is 1.74. The number of aromatic hydroxyl groups is 1. The van der Waals surface area contributed by atoms with E-state index in [1.807, 2.05) is 25.1 Å². The first-order chi connectivity index (χ1) is 9.56. The maximum absolute atomic E-state index is 12.0. The largest absolute Gasteiger partial charge is 0.506 e. The van der Waals surface area contributed by atoms with E-state index >= 15 is 0 Å². The van der Waals surface area contributed by atoms with E-state index < -0.39 is 6.10 Å². The highest BCUT2D eigenvalue weighted by Crippen LogP contribution is 2.24. The molecule has 20 heavy (non-hydrogen) atoms. The summed E-state index contributed by atoms with van der Waals surface area (Å²) in [5.41, 5.74) is 1.34. The van der Waals surface area contributed by atoms with Crippen molar-refractivity contribution < 1.29 is 14.6 Å². The van der Waals surface area contributed by atoms with Gasteiger partial charge < -0.3 is 15.2 Å². The summed E-state index contributed by atoms with van der Waals surface area (Å²) in [5.74, 6) is 0.356. The van der Waals surface area contributed by atoms with Gasteiger partial charge in [-0.25, -0.2) is 0 Å². The summed E-state index contributed by atoms with van der Waals surface area (Å²) in [4.78, 5) is 12.0. The number of aryl methyl sites for hydroxylation is 1. The number of amides is 1. The van der Waals surface area contributed by atoms with E-state index in [1.54, 1.807) is 37.3 Å². The number of benzene rings is 2. The Morgan fingerprint density at radius 1 is 1.20 bits per heavy atom.